The topological polar surface area (TPSA) is 46.5 Å². The van der Waals surface area contributed by atoms with Crippen LogP contribution in [0.3, 0.4) is 0 Å². The van der Waals surface area contributed by atoms with E-state index in [0.717, 1.165) is 6.08 Å². The van der Waals surface area contributed by atoms with Gasteiger partial charge in [0.25, 0.3) is 0 Å². The van der Waals surface area contributed by atoms with Crippen molar-refractivity contribution >= 4 is 17.8 Å². The zero-order valence-corrected chi connectivity index (χ0v) is 4.56. The van der Waals surface area contributed by atoms with Crippen LogP contribution in [0.4, 0.5) is 4.53 Å². The number of rotatable bonds is 1. The van der Waals surface area contributed by atoms with Gasteiger partial charge in [0.15, 0.2) is 0 Å². The van der Waals surface area contributed by atoms with Gasteiger partial charge in [-0.05, 0) is 0 Å². The van der Waals surface area contributed by atoms with Gasteiger partial charge in [0, 0.05) is 10.6 Å². The summed E-state index contributed by atoms with van der Waals surface area (Å²) < 4.78 is 16.9. The van der Waals surface area contributed by atoms with Gasteiger partial charge in [-0.25, -0.2) is 4.79 Å². The second-order valence-corrected chi connectivity index (χ2v) is 0.600. The summed E-state index contributed by atoms with van der Waals surface area (Å²) in [5.41, 5.74) is 0. The number of carbonyl (C=O) groups excluding carboxylic acids is 1. The molecule has 0 aliphatic heterocycles. The first-order valence-electron chi connectivity index (χ1n) is 1.43. The molecule has 0 spiro atoms. The van der Waals surface area contributed by atoms with Crippen molar-refractivity contribution in [1.29, 1.82) is 0 Å². The minimum absolute atomic E-state index is 0.736. The summed E-state index contributed by atoms with van der Waals surface area (Å²) in [7, 11) is 0. The van der Waals surface area contributed by atoms with E-state index in [1.807, 2.05) is 0 Å². The third kappa shape index (κ3) is 9.04. The first kappa shape index (κ1) is 10.4. The summed E-state index contributed by atoms with van der Waals surface area (Å²) in [6.45, 7) is 2.92. The standard InChI is InChI=1S/C3H3FO2.ClHO/c1-2-3(5)6-4;1-2/h2H,1H2;2H. The van der Waals surface area contributed by atoms with E-state index in [1.54, 1.807) is 0 Å². The summed E-state index contributed by atoms with van der Waals surface area (Å²) in [6.07, 6.45) is 0.736. The predicted molar refractivity (Wildman–Crippen MR) is 25.5 cm³/mol. The Morgan fingerprint density at radius 3 is 2.25 bits per heavy atom. The van der Waals surface area contributed by atoms with Crippen LogP contribution in [0.5, 0.6) is 0 Å². The fourth-order valence-electron chi connectivity index (χ4n) is 0.0315. The molecule has 0 atom stereocenters. The highest BCUT2D eigenvalue weighted by Gasteiger charge is 1.87. The third-order valence-corrected chi connectivity index (χ3v) is 0.243. The maximum atomic E-state index is 10.5. The molecule has 0 heterocycles. The molecular weight excluding hydrogens is 138 g/mol. The van der Waals surface area contributed by atoms with Gasteiger partial charge in [0.1, 0.15) is 0 Å². The van der Waals surface area contributed by atoms with Crippen molar-refractivity contribution < 1.29 is 18.9 Å². The Labute approximate surface area is 50.4 Å². The van der Waals surface area contributed by atoms with Crippen molar-refractivity contribution in [3.63, 3.8) is 0 Å². The highest BCUT2D eigenvalue weighted by atomic mass is 35.5. The van der Waals surface area contributed by atoms with E-state index in [0.29, 0.717) is 0 Å². The zero-order valence-electron chi connectivity index (χ0n) is 3.80. The lowest BCUT2D eigenvalue weighted by molar-refractivity contribution is -0.176. The molecule has 8 heavy (non-hydrogen) atoms. The molecule has 0 aromatic carbocycles. The highest BCUT2D eigenvalue weighted by Crippen LogP contribution is 1.74. The third-order valence-electron chi connectivity index (χ3n) is 0.243. The Kier molecular flexibility index (Phi) is 12.5. The van der Waals surface area contributed by atoms with E-state index >= 15 is 0 Å². The molecular formula is C3H4ClFO3. The SMILES string of the molecule is C=CC(=O)OF.OCl. The lowest BCUT2D eigenvalue weighted by Gasteiger charge is -1.74. The normalized spacial score (nSPS) is 5.88. The van der Waals surface area contributed by atoms with Crippen LogP contribution in [0.25, 0.3) is 0 Å². The van der Waals surface area contributed by atoms with Crippen LogP contribution >= 0.6 is 11.9 Å². The number of carbonyl (C=O) groups is 1. The smallest absolute Gasteiger partial charge is 0.295 e. The first-order chi connectivity index (χ1) is 3.81. The Balaban J connectivity index is 0. The lowest BCUT2D eigenvalue weighted by Crippen LogP contribution is -1.87. The van der Waals surface area contributed by atoms with Gasteiger partial charge >= 0.3 is 5.97 Å². The summed E-state index contributed by atoms with van der Waals surface area (Å²) in [5, 5.41) is 0. The highest BCUT2D eigenvalue weighted by molar-refractivity contribution is 6.04. The molecule has 0 aliphatic carbocycles. The quantitative estimate of drug-likeness (QED) is 0.549. The van der Waals surface area contributed by atoms with Crippen molar-refractivity contribution in [3.05, 3.63) is 12.7 Å². The monoisotopic (exact) mass is 142 g/mol. The van der Waals surface area contributed by atoms with Gasteiger partial charge in [-0.2, -0.15) is 0 Å². The summed E-state index contributed by atoms with van der Waals surface area (Å²) in [4.78, 5) is 12.1. The van der Waals surface area contributed by atoms with Gasteiger partial charge in [-0.3, -0.25) is 9.60 Å². The molecule has 0 bridgehead atoms. The maximum Gasteiger partial charge on any atom is 0.371 e. The molecule has 0 fully saturated rings. The van der Waals surface area contributed by atoms with E-state index in [4.69, 9.17) is 4.66 Å². The predicted octanol–water partition coefficient (Wildman–Crippen LogP) is 0.733. The molecule has 0 saturated carbocycles. The Morgan fingerprint density at radius 1 is 1.88 bits per heavy atom. The van der Waals surface area contributed by atoms with Crippen molar-refractivity contribution in [2.45, 2.75) is 0 Å². The first-order valence-corrected chi connectivity index (χ1v) is 1.77. The van der Waals surface area contributed by atoms with E-state index in [1.165, 1.54) is 0 Å². The van der Waals surface area contributed by atoms with Crippen molar-refractivity contribution in [2.24, 2.45) is 0 Å². The molecule has 0 aromatic heterocycles. The van der Waals surface area contributed by atoms with Crippen LogP contribution in [0.2, 0.25) is 0 Å². The molecule has 3 nitrogen and oxygen atoms in total. The molecule has 0 radical (unpaired) electrons. The summed E-state index contributed by atoms with van der Waals surface area (Å²) in [5.74, 6) is -1.06. The Bertz CT molecular complexity index is 74.9. The van der Waals surface area contributed by atoms with Gasteiger partial charge in [0.2, 0.25) is 0 Å². The number of hydrogen-bond donors (Lipinski definition) is 1. The van der Waals surface area contributed by atoms with Crippen LogP contribution in [0.1, 0.15) is 0 Å². The van der Waals surface area contributed by atoms with Gasteiger partial charge < -0.3 is 0 Å². The average molecular weight is 143 g/mol. The molecule has 0 rings (SSSR count). The largest absolute Gasteiger partial charge is 0.371 e. The van der Waals surface area contributed by atoms with E-state index in [2.05, 4.69) is 23.4 Å². The van der Waals surface area contributed by atoms with Crippen molar-refractivity contribution in [3.8, 4) is 0 Å². The Hall–Kier alpha value is -0.610. The van der Waals surface area contributed by atoms with Crippen LogP contribution in [0.15, 0.2) is 12.7 Å². The molecule has 48 valence electrons. The summed E-state index contributed by atoms with van der Waals surface area (Å²) in [6, 6.07) is 0. The molecule has 5 heteroatoms. The van der Waals surface area contributed by atoms with Gasteiger partial charge in [-0.1, -0.05) is 6.58 Å². The van der Waals surface area contributed by atoms with Crippen LogP contribution in [0, 0.1) is 0 Å². The van der Waals surface area contributed by atoms with Crippen LogP contribution < -0.4 is 0 Å². The fourth-order valence-corrected chi connectivity index (χ4v) is 0.0315. The fraction of sp³-hybridized carbons (Fsp3) is 0. The minimum atomic E-state index is -1.06. The van der Waals surface area contributed by atoms with Gasteiger partial charge in [-0.15, -0.1) is 0 Å². The average Bonchev–Trinajstić information content (AvgIpc) is 1.91. The molecule has 0 aromatic rings. The zero-order chi connectivity index (χ0) is 6.99. The summed E-state index contributed by atoms with van der Waals surface area (Å²) >= 11 is 3.64. The number of hydrogen-bond acceptors (Lipinski definition) is 3. The maximum absolute atomic E-state index is 10.5. The van der Waals surface area contributed by atoms with Crippen LogP contribution in [-0.2, 0) is 9.74 Å². The molecule has 0 unspecified atom stereocenters. The van der Waals surface area contributed by atoms with Crippen LogP contribution in [-0.4, -0.2) is 10.6 Å². The minimum Gasteiger partial charge on any atom is -0.295 e. The van der Waals surface area contributed by atoms with E-state index in [9.17, 15) is 9.32 Å². The molecule has 0 aliphatic rings. The molecule has 1 N–H and O–H groups in total. The second-order valence-electron chi connectivity index (χ2n) is 0.600. The Morgan fingerprint density at radius 2 is 2.25 bits per heavy atom. The van der Waals surface area contributed by atoms with Crippen molar-refractivity contribution in [2.75, 3.05) is 0 Å². The van der Waals surface area contributed by atoms with Crippen molar-refractivity contribution in [1.82, 2.24) is 0 Å². The molecule has 0 saturated heterocycles. The number of halogens is 2. The second kappa shape index (κ2) is 9.63. The van der Waals surface area contributed by atoms with Gasteiger partial charge in [0.05, 0.1) is 11.9 Å². The lowest BCUT2D eigenvalue weighted by atomic mass is 10.7. The van der Waals surface area contributed by atoms with E-state index in [-0.39, 0.29) is 0 Å². The molecule has 0 amide bonds. The van der Waals surface area contributed by atoms with E-state index < -0.39 is 5.97 Å².